The van der Waals surface area contributed by atoms with Crippen LogP contribution < -0.4 is 0 Å². The Labute approximate surface area is 59.6 Å². The fourth-order valence-corrected chi connectivity index (χ4v) is 0.909. The lowest BCUT2D eigenvalue weighted by atomic mass is 10.2. The van der Waals surface area contributed by atoms with E-state index in [9.17, 15) is 4.79 Å². The van der Waals surface area contributed by atoms with Crippen LogP contribution in [0.4, 0.5) is 0 Å². The monoisotopic (exact) mass is 193 g/mol. The van der Waals surface area contributed by atoms with Crippen molar-refractivity contribution in [2.24, 2.45) is 11.1 Å². The number of nitrogens with zero attached hydrogens (tertiary/aromatic N) is 1. The lowest BCUT2D eigenvalue weighted by Crippen LogP contribution is -2.19. The van der Waals surface area contributed by atoms with Crippen molar-refractivity contribution < 1.29 is 14.7 Å². The predicted molar refractivity (Wildman–Crippen MR) is 33.4 cm³/mol. The summed E-state index contributed by atoms with van der Waals surface area (Å²) in [7, 11) is 0. The summed E-state index contributed by atoms with van der Waals surface area (Å²) < 4.78 is 0.356. The Hall–Kier alpha value is -0.580. The highest BCUT2D eigenvalue weighted by Gasteiger charge is 2.27. The van der Waals surface area contributed by atoms with E-state index < -0.39 is 11.9 Å². The summed E-state index contributed by atoms with van der Waals surface area (Å²) >= 11 is 2.95. The molecule has 0 spiro atoms. The highest BCUT2D eigenvalue weighted by molar-refractivity contribution is 9.18. The Morgan fingerprint density at radius 1 is 2.00 bits per heavy atom. The summed E-state index contributed by atoms with van der Waals surface area (Å²) in [5.74, 6) is -1.52. The Morgan fingerprint density at radius 3 is 2.89 bits per heavy atom. The number of oxime groups is 1. The van der Waals surface area contributed by atoms with Gasteiger partial charge in [-0.1, -0.05) is 5.16 Å². The van der Waals surface area contributed by atoms with Gasteiger partial charge in [-0.05, 0) is 15.9 Å². The minimum Gasteiger partial charge on any atom is -0.481 e. The minimum absolute atomic E-state index is 0.135. The van der Waals surface area contributed by atoms with Crippen molar-refractivity contribution in [1.82, 2.24) is 0 Å². The molecule has 0 saturated carbocycles. The maximum atomic E-state index is 10.2. The first-order valence-electron chi connectivity index (χ1n) is 2.30. The molecule has 1 unspecified atom stereocenters. The van der Waals surface area contributed by atoms with Gasteiger partial charge in [-0.25, -0.2) is 0 Å². The molecular weight excluding hydrogens is 190 g/mol. The Bertz CT molecular complexity index is 167. The molecule has 5 heteroatoms. The fraction of sp³-hybridized carbons (Fsp3) is 0.500. The van der Waals surface area contributed by atoms with Gasteiger partial charge in [-0.2, -0.15) is 0 Å². The maximum absolute atomic E-state index is 10.2. The van der Waals surface area contributed by atoms with Gasteiger partial charge in [-0.15, -0.1) is 0 Å². The van der Waals surface area contributed by atoms with Gasteiger partial charge in [-0.3, -0.25) is 4.79 Å². The number of carbonyl (C=O) groups is 1. The summed E-state index contributed by atoms with van der Waals surface area (Å²) in [4.78, 5) is 14.7. The van der Waals surface area contributed by atoms with Crippen LogP contribution in [0, 0.1) is 5.92 Å². The molecule has 50 valence electrons. The molecular formula is C4H4BrNO3. The summed E-state index contributed by atoms with van der Waals surface area (Å²) in [6.45, 7) is 0.135. The molecule has 0 saturated heterocycles. The van der Waals surface area contributed by atoms with Crippen LogP contribution in [0.1, 0.15) is 0 Å². The molecule has 0 aromatic carbocycles. The van der Waals surface area contributed by atoms with Gasteiger partial charge in [0.25, 0.3) is 0 Å². The van der Waals surface area contributed by atoms with Gasteiger partial charge in [0.1, 0.15) is 17.1 Å². The molecule has 1 aliphatic rings. The lowest BCUT2D eigenvalue weighted by Gasteiger charge is -1.95. The number of hydrogen-bond donors (Lipinski definition) is 1. The Morgan fingerprint density at radius 2 is 2.67 bits per heavy atom. The highest BCUT2D eigenvalue weighted by Crippen LogP contribution is 2.14. The molecule has 1 rings (SSSR count). The molecule has 0 aromatic rings. The minimum atomic E-state index is -0.914. The molecule has 1 N–H and O–H groups in total. The van der Waals surface area contributed by atoms with Gasteiger partial charge in [0.05, 0.1) is 0 Å². The van der Waals surface area contributed by atoms with Crippen molar-refractivity contribution in [3.05, 3.63) is 0 Å². The summed E-state index contributed by atoms with van der Waals surface area (Å²) in [6, 6.07) is 0. The first-order chi connectivity index (χ1) is 4.22. The third-order valence-electron chi connectivity index (χ3n) is 0.979. The van der Waals surface area contributed by atoms with E-state index in [1.54, 1.807) is 0 Å². The lowest BCUT2D eigenvalue weighted by molar-refractivity contribution is -0.140. The van der Waals surface area contributed by atoms with Crippen LogP contribution in [0.5, 0.6) is 0 Å². The summed E-state index contributed by atoms with van der Waals surface area (Å²) in [6.07, 6.45) is 0. The molecule has 4 nitrogen and oxygen atoms in total. The van der Waals surface area contributed by atoms with Gasteiger partial charge in [0, 0.05) is 0 Å². The molecule has 0 bridgehead atoms. The molecule has 9 heavy (non-hydrogen) atoms. The van der Waals surface area contributed by atoms with E-state index in [1.165, 1.54) is 0 Å². The maximum Gasteiger partial charge on any atom is 0.316 e. The van der Waals surface area contributed by atoms with Crippen LogP contribution in [0.25, 0.3) is 0 Å². The second-order valence-corrected chi connectivity index (χ2v) is 2.41. The quantitative estimate of drug-likeness (QED) is 0.658. The zero-order valence-corrected chi connectivity index (χ0v) is 5.96. The number of aliphatic carboxylic acids is 1. The molecule has 0 aromatic heterocycles. The van der Waals surface area contributed by atoms with E-state index in [0.717, 1.165) is 0 Å². The molecule has 0 aliphatic carbocycles. The van der Waals surface area contributed by atoms with Gasteiger partial charge >= 0.3 is 5.97 Å². The van der Waals surface area contributed by atoms with E-state index >= 15 is 0 Å². The zero-order valence-electron chi connectivity index (χ0n) is 4.37. The number of rotatable bonds is 1. The van der Waals surface area contributed by atoms with Crippen molar-refractivity contribution in [2.75, 3.05) is 6.61 Å². The van der Waals surface area contributed by atoms with Crippen LogP contribution in [-0.4, -0.2) is 22.3 Å². The highest BCUT2D eigenvalue weighted by atomic mass is 79.9. The number of carboxylic acids is 1. The van der Waals surface area contributed by atoms with Crippen LogP contribution in [-0.2, 0) is 9.63 Å². The first kappa shape index (κ1) is 6.54. The standard InChI is InChI=1S/C4H4BrNO3/c5-3-2(4(7)8)1-9-6-3/h2H,1H2,(H,7,8). The number of halogens is 1. The Kier molecular flexibility index (Phi) is 1.70. The fourth-order valence-electron chi connectivity index (χ4n) is 0.479. The van der Waals surface area contributed by atoms with Crippen LogP contribution in [0.2, 0.25) is 0 Å². The molecule has 0 amide bonds. The van der Waals surface area contributed by atoms with E-state index in [-0.39, 0.29) is 6.61 Å². The zero-order chi connectivity index (χ0) is 6.85. The number of hydrogen-bond acceptors (Lipinski definition) is 3. The van der Waals surface area contributed by atoms with E-state index in [1.807, 2.05) is 0 Å². The third kappa shape index (κ3) is 1.21. The third-order valence-corrected chi connectivity index (χ3v) is 1.68. The molecule has 0 fully saturated rings. The van der Waals surface area contributed by atoms with Crippen molar-refractivity contribution in [2.45, 2.75) is 0 Å². The average Bonchev–Trinajstić information content (AvgIpc) is 2.13. The van der Waals surface area contributed by atoms with E-state index in [0.29, 0.717) is 4.62 Å². The van der Waals surface area contributed by atoms with Gasteiger partial charge < -0.3 is 9.94 Å². The molecule has 1 aliphatic heterocycles. The van der Waals surface area contributed by atoms with Crippen molar-refractivity contribution in [3.8, 4) is 0 Å². The van der Waals surface area contributed by atoms with Gasteiger partial charge in [0.2, 0.25) is 0 Å². The predicted octanol–water partition coefficient (Wildman–Crippen LogP) is 0.426. The summed E-state index contributed by atoms with van der Waals surface area (Å²) in [5, 5.41) is 11.8. The first-order valence-corrected chi connectivity index (χ1v) is 3.09. The Balaban J connectivity index is 2.63. The second kappa shape index (κ2) is 2.34. The second-order valence-electron chi connectivity index (χ2n) is 1.60. The molecule has 1 atom stereocenters. The van der Waals surface area contributed by atoms with Crippen LogP contribution >= 0.6 is 15.9 Å². The van der Waals surface area contributed by atoms with Crippen LogP contribution in [0.15, 0.2) is 5.16 Å². The SMILES string of the molecule is O=C(O)C1CON=C1Br. The summed E-state index contributed by atoms with van der Waals surface area (Å²) in [5.41, 5.74) is 0. The van der Waals surface area contributed by atoms with E-state index in [2.05, 4.69) is 25.9 Å². The molecule has 1 heterocycles. The van der Waals surface area contributed by atoms with Crippen LogP contribution in [0.3, 0.4) is 0 Å². The largest absolute Gasteiger partial charge is 0.481 e. The van der Waals surface area contributed by atoms with E-state index in [4.69, 9.17) is 5.11 Å². The normalized spacial score (nSPS) is 25.0. The smallest absolute Gasteiger partial charge is 0.316 e. The number of carboxylic acid groups (broad SMARTS) is 1. The average molecular weight is 194 g/mol. The van der Waals surface area contributed by atoms with Gasteiger partial charge in [0.15, 0.2) is 0 Å². The van der Waals surface area contributed by atoms with Crippen molar-refractivity contribution >= 4 is 26.5 Å². The van der Waals surface area contributed by atoms with Crippen molar-refractivity contribution in [1.29, 1.82) is 0 Å². The topological polar surface area (TPSA) is 58.9 Å². The molecule has 0 radical (unpaired) electrons. The van der Waals surface area contributed by atoms with Crippen molar-refractivity contribution in [3.63, 3.8) is 0 Å².